The molecule has 0 saturated carbocycles. The lowest BCUT2D eigenvalue weighted by molar-refractivity contribution is -0.126. The van der Waals surface area contributed by atoms with Gasteiger partial charge in [-0.2, -0.15) is 0 Å². The molecule has 1 aromatic carbocycles. The molecule has 0 radical (unpaired) electrons. The topological polar surface area (TPSA) is 78.4 Å². The molecule has 5 rings (SSSR count). The summed E-state index contributed by atoms with van der Waals surface area (Å²) in [5.41, 5.74) is 3.88. The minimum absolute atomic E-state index is 0.00676. The summed E-state index contributed by atoms with van der Waals surface area (Å²) in [7, 11) is 0. The molecule has 3 aromatic rings. The number of pyridine rings is 1. The number of thiazole rings is 1. The molecule has 0 bridgehead atoms. The van der Waals surface area contributed by atoms with Crippen LogP contribution < -0.4 is 15.1 Å². The Bertz CT molecular complexity index is 1090. The fraction of sp³-hybridized carbons (Fsp3) is 0.333. The molecule has 1 N–H and O–H groups in total. The SMILES string of the molecule is O=C(NCc1csc(-c2ccncc2)n1)C1CC(=O)N(c2ccc(N3CCCC3)cc2)C1. The molecule has 1 atom stereocenters. The number of aromatic nitrogens is 2. The van der Waals surface area contributed by atoms with Crippen LogP contribution in [0.5, 0.6) is 0 Å². The second-order valence-corrected chi connectivity index (χ2v) is 9.07. The summed E-state index contributed by atoms with van der Waals surface area (Å²) in [6.45, 7) is 2.95. The molecule has 32 heavy (non-hydrogen) atoms. The molecule has 2 saturated heterocycles. The van der Waals surface area contributed by atoms with Gasteiger partial charge in [0.25, 0.3) is 0 Å². The molecule has 164 valence electrons. The minimum Gasteiger partial charge on any atom is -0.372 e. The fourth-order valence-corrected chi connectivity index (χ4v) is 5.11. The third-order valence-corrected chi connectivity index (χ3v) is 6.99. The first kappa shape index (κ1) is 20.6. The van der Waals surface area contributed by atoms with Crippen LogP contribution in [0.25, 0.3) is 10.6 Å². The molecular weight excluding hydrogens is 422 g/mol. The van der Waals surface area contributed by atoms with Crippen LogP contribution >= 0.6 is 11.3 Å². The number of rotatable bonds is 6. The smallest absolute Gasteiger partial charge is 0.227 e. The van der Waals surface area contributed by atoms with Gasteiger partial charge in [-0.3, -0.25) is 14.6 Å². The Morgan fingerprint density at radius 3 is 2.53 bits per heavy atom. The van der Waals surface area contributed by atoms with Crippen molar-refractivity contribution < 1.29 is 9.59 Å². The number of benzene rings is 1. The van der Waals surface area contributed by atoms with Gasteiger partial charge in [-0.15, -0.1) is 11.3 Å². The maximum absolute atomic E-state index is 12.7. The second kappa shape index (κ2) is 9.08. The molecule has 8 heteroatoms. The van der Waals surface area contributed by atoms with E-state index in [1.54, 1.807) is 17.3 Å². The number of anilines is 2. The highest BCUT2D eigenvalue weighted by Gasteiger charge is 2.35. The summed E-state index contributed by atoms with van der Waals surface area (Å²) < 4.78 is 0. The molecule has 0 spiro atoms. The second-order valence-electron chi connectivity index (χ2n) is 8.21. The van der Waals surface area contributed by atoms with Crippen molar-refractivity contribution in [3.63, 3.8) is 0 Å². The predicted octanol–water partition coefficient (Wildman–Crippen LogP) is 3.47. The van der Waals surface area contributed by atoms with Crippen LogP contribution in [0.4, 0.5) is 11.4 Å². The number of carbonyl (C=O) groups excluding carboxylic acids is 2. The van der Waals surface area contributed by atoms with E-state index >= 15 is 0 Å². The van der Waals surface area contributed by atoms with E-state index in [1.807, 2.05) is 29.6 Å². The van der Waals surface area contributed by atoms with Crippen molar-refractivity contribution in [1.82, 2.24) is 15.3 Å². The zero-order chi connectivity index (χ0) is 21.9. The highest BCUT2D eigenvalue weighted by molar-refractivity contribution is 7.13. The Hall–Kier alpha value is -3.26. The van der Waals surface area contributed by atoms with Gasteiger partial charge >= 0.3 is 0 Å². The summed E-state index contributed by atoms with van der Waals surface area (Å²) >= 11 is 1.54. The minimum atomic E-state index is -0.348. The van der Waals surface area contributed by atoms with Gasteiger partial charge in [0.05, 0.1) is 18.2 Å². The van der Waals surface area contributed by atoms with E-state index in [-0.39, 0.29) is 24.2 Å². The first-order valence-electron chi connectivity index (χ1n) is 11.0. The van der Waals surface area contributed by atoms with Gasteiger partial charge in [0.1, 0.15) is 5.01 Å². The zero-order valence-electron chi connectivity index (χ0n) is 17.7. The molecule has 2 amide bonds. The molecule has 2 fully saturated rings. The number of hydrogen-bond acceptors (Lipinski definition) is 6. The van der Waals surface area contributed by atoms with Crippen LogP contribution in [0.3, 0.4) is 0 Å². The number of carbonyl (C=O) groups is 2. The van der Waals surface area contributed by atoms with Crippen molar-refractivity contribution in [3.05, 3.63) is 59.9 Å². The van der Waals surface area contributed by atoms with E-state index in [9.17, 15) is 9.59 Å². The Morgan fingerprint density at radius 2 is 1.78 bits per heavy atom. The highest BCUT2D eigenvalue weighted by Crippen LogP contribution is 2.29. The average molecular weight is 448 g/mol. The maximum Gasteiger partial charge on any atom is 0.227 e. The Labute approximate surface area is 191 Å². The van der Waals surface area contributed by atoms with Gasteiger partial charge in [0.2, 0.25) is 11.8 Å². The fourth-order valence-electron chi connectivity index (χ4n) is 4.29. The highest BCUT2D eigenvalue weighted by atomic mass is 32.1. The molecule has 7 nitrogen and oxygen atoms in total. The largest absolute Gasteiger partial charge is 0.372 e. The van der Waals surface area contributed by atoms with Gasteiger partial charge in [0.15, 0.2) is 0 Å². The van der Waals surface area contributed by atoms with Crippen molar-refractivity contribution in [2.45, 2.75) is 25.8 Å². The van der Waals surface area contributed by atoms with Crippen LogP contribution in [0.15, 0.2) is 54.2 Å². The quantitative estimate of drug-likeness (QED) is 0.626. The third-order valence-electron chi connectivity index (χ3n) is 6.05. The van der Waals surface area contributed by atoms with E-state index in [2.05, 4.69) is 32.3 Å². The first-order valence-corrected chi connectivity index (χ1v) is 11.8. The molecule has 2 aliphatic heterocycles. The third kappa shape index (κ3) is 4.36. The van der Waals surface area contributed by atoms with Crippen LogP contribution in [-0.2, 0) is 16.1 Å². The van der Waals surface area contributed by atoms with Crippen LogP contribution in [0.1, 0.15) is 25.0 Å². The number of amides is 2. The maximum atomic E-state index is 12.7. The lowest BCUT2D eigenvalue weighted by Crippen LogP contribution is -2.32. The van der Waals surface area contributed by atoms with Crippen molar-refractivity contribution in [3.8, 4) is 10.6 Å². The van der Waals surface area contributed by atoms with Crippen molar-refractivity contribution >= 4 is 34.5 Å². The van der Waals surface area contributed by atoms with Crippen molar-refractivity contribution in [2.24, 2.45) is 5.92 Å². The molecular formula is C24H25N5O2S. The molecule has 2 aliphatic rings. The van der Waals surface area contributed by atoms with Crippen LogP contribution in [0, 0.1) is 5.92 Å². The molecule has 2 aromatic heterocycles. The van der Waals surface area contributed by atoms with E-state index in [4.69, 9.17) is 0 Å². The van der Waals surface area contributed by atoms with Crippen molar-refractivity contribution in [1.29, 1.82) is 0 Å². The number of nitrogens with one attached hydrogen (secondary N) is 1. The van der Waals surface area contributed by atoms with E-state index < -0.39 is 0 Å². The zero-order valence-corrected chi connectivity index (χ0v) is 18.6. The Morgan fingerprint density at radius 1 is 1.06 bits per heavy atom. The number of hydrogen-bond donors (Lipinski definition) is 1. The van der Waals surface area contributed by atoms with Crippen LogP contribution in [0.2, 0.25) is 0 Å². The van der Waals surface area contributed by atoms with Gasteiger partial charge in [-0.1, -0.05) is 0 Å². The van der Waals surface area contributed by atoms with E-state index in [1.165, 1.54) is 29.9 Å². The van der Waals surface area contributed by atoms with Gasteiger partial charge in [-0.25, -0.2) is 4.98 Å². The van der Waals surface area contributed by atoms with Gasteiger partial charge in [0, 0.05) is 60.8 Å². The molecule has 4 heterocycles. The van der Waals surface area contributed by atoms with Crippen molar-refractivity contribution in [2.75, 3.05) is 29.4 Å². The van der Waals surface area contributed by atoms with E-state index in [0.717, 1.165) is 35.0 Å². The summed E-state index contributed by atoms with van der Waals surface area (Å²) in [4.78, 5) is 38.0. The monoisotopic (exact) mass is 447 g/mol. The van der Waals surface area contributed by atoms with Gasteiger partial charge < -0.3 is 15.1 Å². The Kier molecular flexibility index (Phi) is 5.85. The van der Waals surface area contributed by atoms with Gasteiger partial charge in [-0.05, 0) is 49.2 Å². The summed E-state index contributed by atoms with van der Waals surface area (Å²) in [6, 6.07) is 12.0. The lowest BCUT2D eigenvalue weighted by Gasteiger charge is -2.20. The Balaban J connectivity index is 1.17. The predicted molar refractivity (Wildman–Crippen MR) is 126 cm³/mol. The number of nitrogens with zero attached hydrogens (tertiary/aromatic N) is 4. The summed E-state index contributed by atoms with van der Waals surface area (Å²) in [5, 5.41) is 5.80. The molecule has 1 unspecified atom stereocenters. The molecule has 0 aliphatic carbocycles. The average Bonchev–Trinajstić information content (AvgIpc) is 3.59. The lowest BCUT2D eigenvalue weighted by atomic mass is 10.1. The summed E-state index contributed by atoms with van der Waals surface area (Å²) in [5.74, 6) is -0.459. The van der Waals surface area contributed by atoms with E-state index in [0.29, 0.717) is 13.1 Å². The standard InChI is InChI=1S/C24H25N5O2S/c30-22-13-18(15-29(22)21-5-3-20(4-6-21)28-11-1-2-12-28)23(31)26-14-19-16-32-24(27-19)17-7-9-25-10-8-17/h3-10,16,18H,1-2,11-15H2,(H,26,31). The summed E-state index contributed by atoms with van der Waals surface area (Å²) in [6.07, 6.45) is 6.17. The first-order chi connectivity index (χ1) is 15.7. The normalized spacial score (nSPS) is 18.4. The van der Waals surface area contributed by atoms with Crippen LogP contribution in [-0.4, -0.2) is 41.4 Å².